The summed E-state index contributed by atoms with van der Waals surface area (Å²) in [4.78, 5) is 65.7. The molecule has 2 aromatic carbocycles. The lowest BCUT2D eigenvalue weighted by Crippen LogP contribution is -2.39. The van der Waals surface area contributed by atoms with Crippen molar-refractivity contribution in [2.75, 3.05) is 23.7 Å². The maximum absolute atomic E-state index is 13.4. The number of nitriles is 1. The van der Waals surface area contributed by atoms with E-state index in [0.717, 1.165) is 4.57 Å². The smallest absolute Gasteiger partial charge is 0.331 e. The molecule has 1 aliphatic rings. The molecule has 1 aromatic heterocycles. The Hall–Kier alpha value is -4.43. The number of rotatable bonds is 6. The van der Waals surface area contributed by atoms with E-state index in [9.17, 15) is 24.0 Å². The fourth-order valence-electron chi connectivity index (χ4n) is 4.83. The third kappa shape index (κ3) is 5.28. The van der Waals surface area contributed by atoms with Crippen molar-refractivity contribution in [2.45, 2.75) is 33.9 Å². The van der Waals surface area contributed by atoms with Gasteiger partial charge in [0.05, 0.1) is 33.3 Å². The number of nitrogens with one attached hydrogen (secondary N) is 2. The van der Waals surface area contributed by atoms with E-state index in [1.54, 1.807) is 26.0 Å². The summed E-state index contributed by atoms with van der Waals surface area (Å²) >= 11 is 6.07. The zero-order valence-electron chi connectivity index (χ0n) is 21.7. The number of carbonyl (C=O) groups excluding carboxylic acids is 3. The van der Waals surface area contributed by atoms with Gasteiger partial charge in [0.25, 0.3) is 5.56 Å². The van der Waals surface area contributed by atoms with E-state index in [-0.39, 0.29) is 41.5 Å². The summed E-state index contributed by atoms with van der Waals surface area (Å²) in [7, 11) is 0. The number of carbonyl (C=O) groups is 3. The highest BCUT2D eigenvalue weighted by Gasteiger charge is 2.43. The fraction of sp³-hybridized carbons (Fsp3) is 0.333. The van der Waals surface area contributed by atoms with Crippen LogP contribution in [0.1, 0.15) is 26.3 Å². The van der Waals surface area contributed by atoms with Gasteiger partial charge in [0, 0.05) is 44.5 Å². The van der Waals surface area contributed by atoms with Gasteiger partial charge in [0.15, 0.2) is 0 Å². The van der Waals surface area contributed by atoms with Crippen LogP contribution in [-0.4, -0.2) is 44.8 Å². The average Bonchev–Trinajstić information content (AvgIpc) is 3.36. The Morgan fingerprint density at radius 3 is 2.03 bits per heavy atom. The van der Waals surface area contributed by atoms with Gasteiger partial charge in [-0.25, -0.2) is 4.79 Å². The van der Waals surface area contributed by atoms with Crippen molar-refractivity contribution < 1.29 is 14.4 Å². The average molecular weight is 551 g/mol. The largest absolute Gasteiger partial charge is 0.341 e. The molecule has 1 fully saturated rings. The Bertz CT molecular complexity index is 1650. The second kappa shape index (κ2) is 11.1. The molecule has 2 atom stereocenters. The number of anilines is 2. The van der Waals surface area contributed by atoms with Crippen LogP contribution in [0.5, 0.6) is 0 Å². The number of hydrogen-bond acceptors (Lipinski definition) is 6. The van der Waals surface area contributed by atoms with Crippen molar-refractivity contribution in [3.63, 3.8) is 0 Å². The second-order valence-corrected chi connectivity index (χ2v) is 9.64. The summed E-state index contributed by atoms with van der Waals surface area (Å²) in [5.41, 5.74) is 0.535. The number of fused-ring (bicyclic) bond motifs is 1. The first-order valence-electron chi connectivity index (χ1n) is 12.4. The summed E-state index contributed by atoms with van der Waals surface area (Å²) in [5.74, 6) is -2.96. The van der Waals surface area contributed by atoms with Gasteiger partial charge >= 0.3 is 5.69 Å². The van der Waals surface area contributed by atoms with Crippen LogP contribution in [0, 0.1) is 23.2 Å². The molecule has 0 unspecified atom stereocenters. The Morgan fingerprint density at radius 1 is 0.949 bits per heavy atom. The van der Waals surface area contributed by atoms with E-state index in [2.05, 4.69) is 10.6 Å². The number of halogens is 1. The molecule has 11 nitrogen and oxygen atoms in total. The van der Waals surface area contributed by atoms with E-state index >= 15 is 0 Å². The summed E-state index contributed by atoms with van der Waals surface area (Å²) < 4.78 is 2.62. The number of benzene rings is 2. The minimum atomic E-state index is -0.865. The molecule has 1 saturated heterocycles. The van der Waals surface area contributed by atoms with Crippen LogP contribution in [0.3, 0.4) is 0 Å². The molecule has 0 saturated carbocycles. The highest BCUT2D eigenvalue weighted by molar-refractivity contribution is 6.32. The predicted octanol–water partition coefficient (Wildman–Crippen LogP) is 2.40. The first-order chi connectivity index (χ1) is 18.6. The Balaban J connectivity index is 1.62. The van der Waals surface area contributed by atoms with Crippen LogP contribution in [0.25, 0.3) is 10.9 Å². The highest BCUT2D eigenvalue weighted by Crippen LogP contribution is 2.28. The predicted molar refractivity (Wildman–Crippen MR) is 146 cm³/mol. The van der Waals surface area contributed by atoms with Gasteiger partial charge in [-0.15, -0.1) is 0 Å². The Morgan fingerprint density at radius 2 is 1.51 bits per heavy atom. The summed E-state index contributed by atoms with van der Waals surface area (Å²) in [6, 6.07) is 11.1. The quantitative estimate of drug-likeness (QED) is 0.482. The fourth-order valence-corrected chi connectivity index (χ4v) is 5.05. The lowest BCUT2D eigenvalue weighted by Gasteiger charge is -2.18. The van der Waals surface area contributed by atoms with Gasteiger partial charge in [-0.2, -0.15) is 5.26 Å². The Kier molecular flexibility index (Phi) is 7.88. The standard InChI is InChI=1S/C27H27ClN6O5/c1-4-33-23-9-8-17(10-19(23)26(38)34(5-2)27(33)39)30-24(36)20-13-32(15(3)35)14-21(20)25(37)31-18-7-6-16(12-29)22(28)11-18/h6-11,20-21H,4-5,13-14H2,1-3H3,(H,30,36)(H,31,37)/t20-,21+/m0/s1. The monoisotopic (exact) mass is 550 g/mol. The van der Waals surface area contributed by atoms with Gasteiger partial charge in [-0.05, 0) is 50.2 Å². The first kappa shape index (κ1) is 27.6. The molecular weight excluding hydrogens is 524 g/mol. The number of aryl methyl sites for hydroxylation is 1. The minimum absolute atomic E-state index is 0.0407. The molecule has 0 spiro atoms. The van der Waals surface area contributed by atoms with E-state index < -0.39 is 34.9 Å². The van der Waals surface area contributed by atoms with Crippen molar-refractivity contribution in [1.29, 1.82) is 5.26 Å². The molecule has 202 valence electrons. The van der Waals surface area contributed by atoms with Gasteiger partial charge in [0.1, 0.15) is 6.07 Å². The van der Waals surface area contributed by atoms with Crippen LogP contribution in [0.2, 0.25) is 5.02 Å². The molecule has 0 bridgehead atoms. The van der Waals surface area contributed by atoms with Crippen LogP contribution < -0.4 is 21.9 Å². The van der Waals surface area contributed by atoms with E-state index in [1.165, 1.54) is 40.7 Å². The molecule has 0 aliphatic carbocycles. The van der Waals surface area contributed by atoms with E-state index in [1.807, 2.05) is 6.07 Å². The molecular formula is C27H27ClN6O5. The van der Waals surface area contributed by atoms with Crippen molar-refractivity contribution in [3.8, 4) is 6.07 Å². The molecule has 12 heteroatoms. The summed E-state index contributed by atoms with van der Waals surface area (Å²) in [5, 5.41) is 15.0. The zero-order chi connectivity index (χ0) is 28.4. The van der Waals surface area contributed by atoms with Crippen LogP contribution >= 0.6 is 11.6 Å². The maximum Gasteiger partial charge on any atom is 0.331 e. The zero-order valence-corrected chi connectivity index (χ0v) is 22.4. The lowest BCUT2D eigenvalue weighted by molar-refractivity contribution is -0.128. The topological polar surface area (TPSA) is 146 Å². The molecule has 1 aliphatic heterocycles. The van der Waals surface area contributed by atoms with Crippen molar-refractivity contribution in [1.82, 2.24) is 14.0 Å². The van der Waals surface area contributed by atoms with Crippen molar-refractivity contribution in [2.24, 2.45) is 11.8 Å². The number of amides is 3. The molecule has 2 heterocycles. The normalized spacial score (nSPS) is 16.6. The maximum atomic E-state index is 13.4. The van der Waals surface area contributed by atoms with Crippen LogP contribution in [-0.2, 0) is 27.5 Å². The molecule has 4 rings (SSSR count). The first-order valence-corrected chi connectivity index (χ1v) is 12.8. The summed E-state index contributed by atoms with van der Waals surface area (Å²) in [6.07, 6.45) is 0. The molecule has 3 amide bonds. The van der Waals surface area contributed by atoms with Crippen molar-refractivity contribution in [3.05, 3.63) is 67.8 Å². The number of nitrogens with zero attached hydrogens (tertiary/aromatic N) is 4. The number of likely N-dealkylation sites (tertiary alicyclic amines) is 1. The SMILES string of the molecule is CCn1c(=O)c2cc(NC(=O)[C@H]3CN(C(C)=O)C[C@H]3C(=O)Nc3ccc(C#N)c(Cl)c3)ccc2n(CC)c1=O. The molecule has 39 heavy (non-hydrogen) atoms. The van der Waals surface area contributed by atoms with Crippen molar-refractivity contribution >= 4 is 51.6 Å². The van der Waals surface area contributed by atoms with Crippen LogP contribution in [0.4, 0.5) is 11.4 Å². The molecule has 2 N–H and O–H groups in total. The number of hydrogen-bond donors (Lipinski definition) is 2. The third-order valence-corrected chi connectivity index (χ3v) is 7.23. The van der Waals surface area contributed by atoms with Gasteiger partial charge in [-0.3, -0.25) is 28.3 Å². The van der Waals surface area contributed by atoms with E-state index in [0.29, 0.717) is 23.4 Å². The summed E-state index contributed by atoms with van der Waals surface area (Å²) in [6.45, 7) is 5.53. The minimum Gasteiger partial charge on any atom is -0.341 e. The highest BCUT2D eigenvalue weighted by atomic mass is 35.5. The number of aromatic nitrogens is 2. The molecule has 0 radical (unpaired) electrons. The van der Waals surface area contributed by atoms with E-state index in [4.69, 9.17) is 16.9 Å². The lowest BCUT2D eigenvalue weighted by atomic mass is 9.94. The second-order valence-electron chi connectivity index (χ2n) is 9.23. The molecule has 3 aromatic rings. The van der Waals surface area contributed by atoms with Gasteiger partial charge in [-0.1, -0.05) is 11.6 Å². The van der Waals surface area contributed by atoms with Gasteiger partial charge in [0.2, 0.25) is 17.7 Å². The third-order valence-electron chi connectivity index (χ3n) is 6.92. The Labute approximate surface area is 228 Å². The van der Waals surface area contributed by atoms with Crippen LogP contribution in [0.15, 0.2) is 46.0 Å². The van der Waals surface area contributed by atoms with Gasteiger partial charge < -0.3 is 15.5 Å².